The van der Waals surface area contributed by atoms with Crippen LogP contribution in [0.1, 0.15) is 32.6 Å². The van der Waals surface area contributed by atoms with Crippen LogP contribution in [0, 0.1) is 11.8 Å². The Morgan fingerprint density at radius 3 is 3.08 bits per heavy atom. The van der Waals surface area contributed by atoms with Crippen molar-refractivity contribution in [3.05, 3.63) is 0 Å². The van der Waals surface area contributed by atoms with E-state index >= 15 is 0 Å². The largest absolute Gasteiger partial charge is 0.309 e. The van der Waals surface area contributed by atoms with Gasteiger partial charge in [0.15, 0.2) is 0 Å². The summed E-state index contributed by atoms with van der Waals surface area (Å²) in [6, 6.07) is 0.698. The van der Waals surface area contributed by atoms with Crippen molar-refractivity contribution in [1.29, 1.82) is 0 Å². The molecule has 0 aromatic heterocycles. The molecule has 2 aliphatic carbocycles. The third-order valence-electron chi connectivity index (χ3n) is 3.31. The first kappa shape index (κ1) is 8.49. The van der Waals surface area contributed by atoms with E-state index in [4.69, 9.17) is 0 Å². The maximum atomic E-state index is 12.2. The first-order valence-corrected chi connectivity index (χ1v) is 5.13. The quantitative estimate of drug-likeness (QED) is 0.686. The lowest BCUT2D eigenvalue weighted by atomic mass is 9.95. The lowest BCUT2D eigenvalue weighted by Crippen LogP contribution is -2.40. The average Bonchev–Trinajstić information content (AvgIpc) is 2.84. The zero-order valence-corrected chi connectivity index (χ0v) is 7.72. The highest BCUT2D eigenvalue weighted by Crippen LogP contribution is 2.49. The van der Waals surface area contributed by atoms with Crippen LogP contribution in [-0.4, -0.2) is 18.8 Å². The zero-order valence-electron chi connectivity index (χ0n) is 7.72. The van der Waals surface area contributed by atoms with Crippen LogP contribution < -0.4 is 5.32 Å². The Labute approximate surface area is 73.7 Å². The molecule has 0 aromatic rings. The number of fused-ring (bicyclic) bond motifs is 1. The Kier molecular flexibility index (Phi) is 2.35. The predicted molar refractivity (Wildman–Crippen MR) is 47.8 cm³/mol. The van der Waals surface area contributed by atoms with Crippen molar-refractivity contribution < 1.29 is 4.39 Å². The van der Waals surface area contributed by atoms with Gasteiger partial charge in [-0.1, -0.05) is 12.8 Å². The van der Waals surface area contributed by atoms with Crippen LogP contribution >= 0.6 is 0 Å². The number of rotatable bonds is 3. The second kappa shape index (κ2) is 3.33. The lowest BCUT2D eigenvalue weighted by molar-refractivity contribution is 0.295. The Bertz CT molecular complexity index is 160. The van der Waals surface area contributed by atoms with E-state index < -0.39 is 0 Å². The summed E-state index contributed by atoms with van der Waals surface area (Å²) in [4.78, 5) is 0. The summed E-state index contributed by atoms with van der Waals surface area (Å²) in [6.45, 7) is 1.71. The van der Waals surface area contributed by atoms with Crippen LogP contribution in [0.4, 0.5) is 4.39 Å². The average molecular weight is 171 g/mol. The van der Waals surface area contributed by atoms with E-state index in [0.717, 1.165) is 11.8 Å². The number of halogens is 1. The normalized spacial score (nSPS) is 42.0. The second-order valence-corrected chi connectivity index (χ2v) is 4.42. The molecule has 70 valence electrons. The van der Waals surface area contributed by atoms with Gasteiger partial charge in [0.05, 0.1) is 0 Å². The minimum Gasteiger partial charge on any atom is -0.309 e. The van der Waals surface area contributed by atoms with Crippen molar-refractivity contribution in [1.82, 2.24) is 5.32 Å². The fourth-order valence-corrected chi connectivity index (χ4v) is 2.53. The van der Waals surface area contributed by atoms with Crippen molar-refractivity contribution in [3.8, 4) is 0 Å². The third kappa shape index (κ3) is 1.63. The molecule has 0 heterocycles. The van der Waals surface area contributed by atoms with Crippen molar-refractivity contribution in [3.63, 3.8) is 0 Å². The van der Waals surface area contributed by atoms with Gasteiger partial charge in [-0.3, -0.25) is 0 Å². The number of hydrogen-bond donors (Lipinski definition) is 1. The number of nitrogens with one attached hydrogen (secondary N) is 1. The fraction of sp³-hybridized carbons (Fsp3) is 1.00. The standard InChI is InChI=1S/C10H18FN/c1-7(6-11)12-10-4-2-3-8-5-9(8)10/h7-10,12H,2-6H2,1H3/t7?,8-,9+,10?/m0/s1. The van der Waals surface area contributed by atoms with Gasteiger partial charge in [0, 0.05) is 12.1 Å². The maximum Gasteiger partial charge on any atom is 0.104 e. The summed E-state index contributed by atoms with van der Waals surface area (Å²) in [7, 11) is 0. The van der Waals surface area contributed by atoms with Gasteiger partial charge < -0.3 is 5.32 Å². The molecule has 2 rings (SSSR count). The molecular formula is C10H18FN. The van der Waals surface area contributed by atoms with E-state index in [1.165, 1.54) is 25.7 Å². The maximum absolute atomic E-state index is 12.2. The summed E-state index contributed by atoms with van der Waals surface area (Å²) < 4.78 is 12.2. The van der Waals surface area contributed by atoms with Crippen LogP contribution in [0.2, 0.25) is 0 Å². The molecule has 0 bridgehead atoms. The van der Waals surface area contributed by atoms with Gasteiger partial charge in [-0.05, 0) is 31.6 Å². The highest BCUT2D eigenvalue weighted by molar-refractivity contribution is 4.98. The van der Waals surface area contributed by atoms with E-state index in [1.54, 1.807) is 0 Å². The van der Waals surface area contributed by atoms with Crippen LogP contribution in [0.15, 0.2) is 0 Å². The summed E-state index contributed by atoms with van der Waals surface area (Å²) in [6.07, 6.45) is 5.44. The van der Waals surface area contributed by atoms with Gasteiger partial charge in [-0.2, -0.15) is 0 Å². The number of hydrogen-bond acceptors (Lipinski definition) is 1. The molecule has 12 heavy (non-hydrogen) atoms. The van der Waals surface area contributed by atoms with E-state index in [-0.39, 0.29) is 12.7 Å². The smallest absolute Gasteiger partial charge is 0.104 e. The van der Waals surface area contributed by atoms with Crippen LogP contribution in [0.25, 0.3) is 0 Å². The highest BCUT2D eigenvalue weighted by Gasteiger charge is 2.45. The van der Waals surface area contributed by atoms with Crippen LogP contribution in [0.3, 0.4) is 0 Å². The van der Waals surface area contributed by atoms with E-state index in [1.807, 2.05) is 6.92 Å². The molecule has 2 saturated carbocycles. The van der Waals surface area contributed by atoms with E-state index in [2.05, 4.69) is 5.32 Å². The third-order valence-corrected chi connectivity index (χ3v) is 3.31. The Morgan fingerprint density at radius 1 is 1.50 bits per heavy atom. The predicted octanol–water partition coefficient (Wildman–Crippen LogP) is 2.12. The number of alkyl halides is 1. The topological polar surface area (TPSA) is 12.0 Å². The molecule has 4 atom stereocenters. The highest BCUT2D eigenvalue weighted by atomic mass is 19.1. The minimum absolute atomic E-state index is 0.0642. The molecule has 1 N–H and O–H groups in total. The monoisotopic (exact) mass is 171 g/mol. The SMILES string of the molecule is CC(CF)NC1CCC[C@H]2C[C@@H]12. The van der Waals surface area contributed by atoms with Crippen molar-refractivity contribution in [2.75, 3.05) is 6.67 Å². The van der Waals surface area contributed by atoms with Crippen molar-refractivity contribution in [2.45, 2.75) is 44.7 Å². The molecule has 2 fully saturated rings. The van der Waals surface area contributed by atoms with Gasteiger partial charge >= 0.3 is 0 Å². The molecular weight excluding hydrogens is 153 g/mol. The van der Waals surface area contributed by atoms with E-state index in [0.29, 0.717) is 6.04 Å². The van der Waals surface area contributed by atoms with Crippen LogP contribution in [0.5, 0.6) is 0 Å². The molecule has 2 heteroatoms. The molecule has 0 radical (unpaired) electrons. The Hall–Kier alpha value is -0.110. The molecule has 1 nitrogen and oxygen atoms in total. The van der Waals surface area contributed by atoms with Gasteiger partial charge in [-0.25, -0.2) is 4.39 Å². The van der Waals surface area contributed by atoms with Gasteiger partial charge in [0.25, 0.3) is 0 Å². The summed E-state index contributed by atoms with van der Waals surface area (Å²) >= 11 is 0. The van der Waals surface area contributed by atoms with E-state index in [9.17, 15) is 4.39 Å². The summed E-state index contributed by atoms with van der Waals surface area (Å²) in [5, 5.41) is 3.38. The molecule has 2 unspecified atom stereocenters. The fourth-order valence-electron chi connectivity index (χ4n) is 2.53. The van der Waals surface area contributed by atoms with Gasteiger partial charge in [-0.15, -0.1) is 0 Å². The minimum atomic E-state index is -0.228. The first-order valence-electron chi connectivity index (χ1n) is 5.13. The molecule has 0 aliphatic heterocycles. The molecule has 2 aliphatic rings. The lowest BCUT2D eigenvalue weighted by Gasteiger charge is -2.25. The second-order valence-electron chi connectivity index (χ2n) is 4.42. The van der Waals surface area contributed by atoms with Crippen molar-refractivity contribution in [2.24, 2.45) is 11.8 Å². The van der Waals surface area contributed by atoms with Crippen LogP contribution in [-0.2, 0) is 0 Å². The summed E-state index contributed by atoms with van der Waals surface area (Å²) in [5.41, 5.74) is 0. The molecule has 0 saturated heterocycles. The van der Waals surface area contributed by atoms with Gasteiger partial charge in [0.1, 0.15) is 6.67 Å². The first-order chi connectivity index (χ1) is 5.81. The van der Waals surface area contributed by atoms with Crippen molar-refractivity contribution >= 4 is 0 Å². The summed E-state index contributed by atoms with van der Waals surface area (Å²) in [5.74, 6) is 1.89. The molecule has 0 amide bonds. The Morgan fingerprint density at radius 2 is 2.33 bits per heavy atom. The molecule has 0 spiro atoms. The molecule has 0 aromatic carbocycles. The van der Waals surface area contributed by atoms with Gasteiger partial charge in [0.2, 0.25) is 0 Å². The zero-order chi connectivity index (χ0) is 8.55. The Balaban J connectivity index is 1.79.